The van der Waals surface area contributed by atoms with Gasteiger partial charge in [0.2, 0.25) is 41.4 Å². The zero-order valence-electron chi connectivity index (χ0n) is 43.3. The van der Waals surface area contributed by atoms with Gasteiger partial charge >= 0.3 is 0 Å². The van der Waals surface area contributed by atoms with Crippen LogP contribution in [0, 0.1) is 11.8 Å². The molecule has 402 valence electrons. The van der Waals surface area contributed by atoms with Crippen LogP contribution in [0.3, 0.4) is 0 Å². The second kappa shape index (κ2) is 28.3. The van der Waals surface area contributed by atoms with Crippen LogP contribution in [0.2, 0.25) is 0 Å². The van der Waals surface area contributed by atoms with Crippen molar-refractivity contribution >= 4 is 41.4 Å². The van der Waals surface area contributed by atoms with E-state index in [2.05, 4.69) is 42.5 Å². The number of hydrogen-bond donors (Lipinski definition) is 10. The standard InChI is InChI=1S/C54H82N10O9/c1-34(55-3)48(67)61-46-38(32-65)21-23-40-25-27-43(63(40)53(46)72)50(69)59-42(36-17-11-9-12-18-36)31-57-29-15-7-5-6-8-16-30-58-52(71)45(37-19-13-10-14-20-37)60-51(70)44-28-26-41-24-22-39(33-66)47(54(73)64(41)44)62-49(68)35(2)56-4/h9-14,17-20,34-35,38-47,55-57,65-66H,5-8,15-16,21-33H2,1-4H3,(H,58,71)(H,59,69)(H,60,70)(H,61,67)(H,62,68)/t34-,35-,38+,39+,40-,41-,42+,43-,44-,45-,46-,47-/m0/s1. The van der Waals surface area contributed by atoms with Gasteiger partial charge in [0.25, 0.3) is 0 Å². The average Bonchev–Trinajstić information content (AvgIpc) is 3.99. The van der Waals surface area contributed by atoms with Gasteiger partial charge in [-0.3, -0.25) is 33.6 Å². The van der Waals surface area contributed by atoms with E-state index in [1.54, 1.807) is 49.9 Å². The van der Waals surface area contributed by atoms with Crippen LogP contribution < -0.4 is 42.5 Å². The van der Waals surface area contributed by atoms with Crippen molar-refractivity contribution in [3.63, 3.8) is 0 Å². The summed E-state index contributed by atoms with van der Waals surface area (Å²) in [6, 6.07) is 12.6. The lowest BCUT2D eigenvalue weighted by molar-refractivity contribution is -0.144. The van der Waals surface area contributed by atoms with E-state index >= 15 is 0 Å². The van der Waals surface area contributed by atoms with Crippen molar-refractivity contribution in [2.45, 2.75) is 164 Å². The van der Waals surface area contributed by atoms with E-state index in [-0.39, 0.29) is 60.9 Å². The zero-order valence-corrected chi connectivity index (χ0v) is 43.3. The fraction of sp³-hybridized carbons (Fsp3) is 0.648. The van der Waals surface area contributed by atoms with Crippen molar-refractivity contribution in [2.24, 2.45) is 11.8 Å². The van der Waals surface area contributed by atoms with Crippen molar-refractivity contribution in [3.8, 4) is 0 Å². The summed E-state index contributed by atoms with van der Waals surface area (Å²) in [6.45, 7) is 4.55. The topological polar surface area (TPSA) is 263 Å². The first kappa shape index (κ1) is 56.8. The fourth-order valence-electron chi connectivity index (χ4n) is 11.0. The third-order valence-corrected chi connectivity index (χ3v) is 15.7. The summed E-state index contributed by atoms with van der Waals surface area (Å²) in [7, 11) is 3.31. The maximum Gasteiger partial charge on any atom is 0.247 e. The van der Waals surface area contributed by atoms with Gasteiger partial charge in [-0.05, 0) is 110 Å². The van der Waals surface area contributed by atoms with Crippen molar-refractivity contribution in [2.75, 3.05) is 46.9 Å². The second-order valence-corrected chi connectivity index (χ2v) is 20.5. The number of nitrogens with zero attached hydrogens (tertiary/aromatic N) is 2. The van der Waals surface area contributed by atoms with Gasteiger partial charge in [0.1, 0.15) is 30.2 Å². The summed E-state index contributed by atoms with van der Waals surface area (Å²) >= 11 is 0. The first-order chi connectivity index (χ1) is 35.3. The van der Waals surface area contributed by atoms with Gasteiger partial charge in [0, 0.05) is 50.2 Å². The number of fused-ring (bicyclic) bond motifs is 2. The Hall–Kier alpha value is -5.47. The van der Waals surface area contributed by atoms with Crippen molar-refractivity contribution in [3.05, 3.63) is 71.8 Å². The Morgan fingerprint density at radius 3 is 1.48 bits per heavy atom. The van der Waals surface area contributed by atoms with Crippen LogP contribution >= 0.6 is 0 Å². The monoisotopic (exact) mass is 1010 g/mol. The highest BCUT2D eigenvalue weighted by Gasteiger charge is 2.49. The molecule has 12 atom stereocenters. The van der Waals surface area contributed by atoms with E-state index < -0.39 is 65.9 Å². The van der Waals surface area contributed by atoms with Crippen LogP contribution in [-0.2, 0) is 33.6 Å². The van der Waals surface area contributed by atoms with Crippen molar-refractivity contribution in [1.82, 2.24) is 52.3 Å². The molecule has 4 aliphatic heterocycles. The largest absolute Gasteiger partial charge is 0.396 e. The van der Waals surface area contributed by atoms with E-state index in [1.807, 2.05) is 48.5 Å². The first-order valence-electron chi connectivity index (χ1n) is 26.8. The van der Waals surface area contributed by atoms with E-state index in [4.69, 9.17) is 0 Å². The normalized spacial score (nSPS) is 25.5. The number of carbonyl (C=O) groups is 7. The quantitative estimate of drug-likeness (QED) is 0.0601. The molecule has 4 heterocycles. The highest BCUT2D eigenvalue weighted by atomic mass is 16.3. The number of unbranched alkanes of at least 4 members (excludes halogenated alkanes) is 5. The SMILES string of the molecule is CN[C@@H](C)C(=O)N[C@@H]1C(=O)N2[C@@H](CC[C@@H]1CO)CC[C@H]2C(=O)N[C@H](C(=O)NCCCCCCCCNC[C@@H](NC(=O)[C@@H]1CC[C@@H]2CC[C@H](CO)[C@H](NC(=O)[C@H](C)NC)C(=O)N21)c1ccccc1)c1ccccc1. The molecule has 0 bridgehead atoms. The fourth-order valence-corrected chi connectivity index (χ4v) is 11.0. The lowest BCUT2D eigenvalue weighted by Gasteiger charge is -2.33. The van der Waals surface area contributed by atoms with E-state index in [1.165, 1.54) is 0 Å². The van der Waals surface area contributed by atoms with Gasteiger partial charge in [0.15, 0.2) is 0 Å². The summed E-state index contributed by atoms with van der Waals surface area (Å²) < 4.78 is 0. The Bertz CT molecular complexity index is 2140. The molecule has 0 unspecified atom stereocenters. The van der Waals surface area contributed by atoms with Gasteiger partial charge < -0.3 is 62.5 Å². The van der Waals surface area contributed by atoms with Gasteiger partial charge in [0.05, 0.1) is 18.1 Å². The summed E-state index contributed by atoms with van der Waals surface area (Å²) in [4.78, 5) is 99.1. The number of hydrogen-bond acceptors (Lipinski definition) is 12. The number of rotatable bonds is 26. The van der Waals surface area contributed by atoms with E-state index in [9.17, 15) is 43.8 Å². The molecule has 0 aromatic heterocycles. The molecule has 2 aromatic rings. The van der Waals surface area contributed by atoms with Gasteiger partial charge in [-0.1, -0.05) is 86.3 Å². The Morgan fingerprint density at radius 1 is 0.562 bits per heavy atom. The minimum absolute atomic E-state index is 0.140. The summed E-state index contributed by atoms with van der Waals surface area (Å²) in [5.41, 5.74) is 1.56. The number of aliphatic hydroxyl groups excluding tert-OH is 2. The molecule has 4 fully saturated rings. The molecule has 0 spiro atoms. The zero-order chi connectivity index (χ0) is 52.4. The lowest BCUT2D eigenvalue weighted by atomic mass is 9.94. The predicted octanol–water partition coefficient (Wildman–Crippen LogP) is 1.46. The predicted molar refractivity (Wildman–Crippen MR) is 276 cm³/mol. The maximum atomic E-state index is 14.1. The molecule has 4 saturated heterocycles. The molecule has 2 aromatic carbocycles. The van der Waals surface area contributed by atoms with Gasteiger partial charge in [-0.25, -0.2) is 0 Å². The molecule has 10 N–H and O–H groups in total. The molecule has 0 saturated carbocycles. The lowest BCUT2D eigenvalue weighted by Crippen LogP contribution is -2.58. The summed E-state index contributed by atoms with van der Waals surface area (Å²) in [6.07, 6.45) is 10.1. The Kier molecular flexibility index (Phi) is 22.0. The van der Waals surface area contributed by atoms with Crippen LogP contribution in [0.4, 0.5) is 0 Å². The molecule has 0 radical (unpaired) electrons. The molecule has 0 aliphatic carbocycles. The molecule has 7 amide bonds. The average molecular weight is 1020 g/mol. The van der Waals surface area contributed by atoms with Crippen LogP contribution in [0.25, 0.3) is 0 Å². The Morgan fingerprint density at radius 2 is 1.00 bits per heavy atom. The molecule has 4 aliphatic rings. The molecular formula is C54H82N10O9. The molecule has 19 heteroatoms. The Labute approximate surface area is 430 Å². The Balaban J connectivity index is 0.933. The van der Waals surface area contributed by atoms with E-state index in [0.717, 1.165) is 50.6 Å². The van der Waals surface area contributed by atoms with Crippen LogP contribution in [-0.4, -0.2) is 157 Å². The molecule has 73 heavy (non-hydrogen) atoms. The highest BCUT2D eigenvalue weighted by molar-refractivity contribution is 5.96. The number of carbonyl (C=O) groups excluding carboxylic acids is 7. The smallest absolute Gasteiger partial charge is 0.247 e. The van der Waals surface area contributed by atoms with Crippen LogP contribution in [0.1, 0.15) is 127 Å². The van der Waals surface area contributed by atoms with Gasteiger partial charge in [-0.2, -0.15) is 0 Å². The molecule has 6 rings (SSSR count). The minimum Gasteiger partial charge on any atom is -0.396 e. The number of benzene rings is 2. The van der Waals surface area contributed by atoms with E-state index in [0.29, 0.717) is 70.0 Å². The second-order valence-electron chi connectivity index (χ2n) is 20.5. The molecule has 19 nitrogen and oxygen atoms in total. The number of nitrogens with one attached hydrogen (secondary N) is 8. The number of aliphatic hydroxyl groups is 2. The highest BCUT2D eigenvalue weighted by Crippen LogP contribution is 2.36. The third kappa shape index (κ3) is 14.9. The van der Waals surface area contributed by atoms with Crippen molar-refractivity contribution in [1.29, 1.82) is 0 Å². The first-order valence-corrected chi connectivity index (χ1v) is 26.8. The third-order valence-electron chi connectivity index (χ3n) is 15.7. The van der Waals surface area contributed by atoms with Gasteiger partial charge in [-0.15, -0.1) is 0 Å². The van der Waals surface area contributed by atoms with Crippen molar-refractivity contribution < 1.29 is 43.8 Å². The summed E-state index contributed by atoms with van der Waals surface area (Å²) in [5.74, 6) is -3.35. The van der Waals surface area contributed by atoms with Crippen LogP contribution in [0.5, 0.6) is 0 Å². The minimum atomic E-state index is -0.978. The number of amides is 7. The number of likely N-dealkylation sites (N-methyl/N-ethyl adjacent to an activating group) is 2. The summed E-state index contributed by atoms with van der Waals surface area (Å²) in [5, 5.41) is 44.6. The van der Waals surface area contributed by atoms with Crippen LogP contribution in [0.15, 0.2) is 60.7 Å². The molecular weight excluding hydrogens is 933 g/mol. The maximum absolute atomic E-state index is 14.1.